The van der Waals surface area contributed by atoms with E-state index < -0.39 is 0 Å². The highest BCUT2D eigenvalue weighted by Gasteiger charge is 2.31. The zero-order chi connectivity index (χ0) is 13.9. The summed E-state index contributed by atoms with van der Waals surface area (Å²) in [5, 5.41) is 3.01. The first-order valence-electron chi connectivity index (χ1n) is 6.20. The van der Waals surface area contributed by atoms with Gasteiger partial charge in [-0.15, -0.1) is 11.3 Å². The number of alkyl halides is 2. The first-order valence-corrected chi connectivity index (χ1v) is 9.26. The first-order chi connectivity index (χ1) is 9.09. The topological polar surface area (TPSA) is 12.9 Å². The van der Waals surface area contributed by atoms with Crippen molar-refractivity contribution in [1.82, 2.24) is 4.98 Å². The highest BCUT2D eigenvalue weighted by Crippen LogP contribution is 2.34. The average molecular weight is 403 g/mol. The minimum atomic E-state index is 0.0900. The third-order valence-corrected chi connectivity index (χ3v) is 6.42. The van der Waals surface area contributed by atoms with E-state index in [4.69, 9.17) is 0 Å². The largest absolute Gasteiger partial charge is 0.250 e. The van der Waals surface area contributed by atoms with Crippen LogP contribution >= 0.6 is 43.2 Å². The summed E-state index contributed by atoms with van der Waals surface area (Å²) < 4.78 is 0. The lowest BCUT2D eigenvalue weighted by Crippen LogP contribution is -2.32. The van der Waals surface area contributed by atoms with Crippen molar-refractivity contribution in [3.8, 4) is 0 Å². The Morgan fingerprint density at radius 1 is 1.11 bits per heavy atom. The molecule has 1 nitrogen and oxygen atoms in total. The van der Waals surface area contributed by atoms with Crippen LogP contribution in [0.25, 0.3) is 0 Å². The van der Waals surface area contributed by atoms with Gasteiger partial charge in [0.25, 0.3) is 0 Å². The molecule has 1 heterocycles. The van der Waals surface area contributed by atoms with Crippen LogP contribution in [-0.4, -0.2) is 15.6 Å². The van der Waals surface area contributed by atoms with Crippen LogP contribution in [0.5, 0.6) is 0 Å². The van der Waals surface area contributed by atoms with Gasteiger partial charge in [0.1, 0.15) is 0 Å². The van der Waals surface area contributed by atoms with E-state index >= 15 is 0 Å². The van der Waals surface area contributed by atoms with Crippen molar-refractivity contribution in [1.29, 1.82) is 0 Å². The van der Waals surface area contributed by atoms with Crippen molar-refractivity contribution in [2.75, 3.05) is 10.7 Å². The van der Waals surface area contributed by atoms with Gasteiger partial charge in [-0.2, -0.15) is 0 Å². The number of aryl methyl sites for hydroxylation is 2. The maximum Gasteiger partial charge on any atom is 0.0896 e. The van der Waals surface area contributed by atoms with Gasteiger partial charge in [-0.1, -0.05) is 61.7 Å². The molecule has 0 bridgehead atoms. The molecule has 1 aromatic carbocycles. The number of halogens is 2. The Labute approximate surface area is 135 Å². The van der Waals surface area contributed by atoms with Crippen molar-refractivity contribution < 1.29 is 0 Å². The number of rotatable bonds is 5. The van der Waals surface area contributed by atoms with E-state index in [0.717, 1.165) is 22.1 Å². The van der Waals surface area contributed by atoms with Crippen molar-refractivity contribution in [2.24, 2.45) is 0 Å². The van der Waals surface area contributed by atoms with Crippen LogP contribution in [0, 0.1) is 13.8 Å². The van der Waals surface area contributed by atoms with E-state index in [0.29, 0.717) is 0 Å². The summed E-state index contributed by atoms with van der Waals surface area (Å²) in [6.45, 7) is 4.18. The summed E-state index contributed by atoms with van der Waals surface area (Å²) in [7, 11) is 0. The van der Waals surface area contributed by atoms with E-state index in [9.17, 15) is 0 Å². The first kappa shape index (κ1) is 15.2. The van der Waals surface area contributed by atoms with Crippen molar-refractivity contribution >= 4 is 43.2 Å². The lowest BCUT2D eigenvalue weighted by molar-refractivity contribution is 0.555. The number of thiazole rings is 1. The Bertz CT molecular complexity index is 529. The summed E-state index contributed by atoms with van der Waals surface area (Å²) in [5.74, 6) is 0. The van der Waals surface area contributed by atoms with Crippen molar-refractivity contribution in [3.63, 3.8) is 0 Å². The van der Waals surface area contributed by atoms with E-state index in [1.54, 1.807) is 11.3 Å². The molecule has 0 N–H and O–H groups in total. The maximum atomic E-state index is 4.37. The molecule has 0 spiro atoms. The zero-order valence-electron chi connectivity index (χ0n) is 11.1. The molecule has 19 heavy (non-hydrogen) atoms. The minimum Gasteiger partial charge on any atom is -0.250 e. The molecular weight excluding hydrogens is 386 g/mol. The molecule has 0 amide bonds. The molecule has 0 radical (unpaired) electrons. The van der Waals surface area contributed by atoms with E-state index in [1.807, 2.05) is 6.20 Å². The monoisotopic (exact) mass is 401 g/mol. The fraction of sp³-hybridized carbons (Fsp3) is 0.400. The smallest absolute Gasteiger partial charge is 0.0896 e. The molecular formula is C15H17Br2NS. The van der Waals surface area contributed by atoms with Gasteiger partial charge in [-0.3, -0.25) is 0 Å². The third kappa shape index (κ3) is 3.47. The van der Waals surface area contributed by atoms with Crippen molar-refractivity contribution in [3.05, 3.63) is 51.5 Å². The van der Waals surface area contributed by atoms with Gasteiger partial charge in [0.15, 0.2) is 0 Å². The molecule has 0 fully saturated rings. The molecule has 0 aliphatic carbocycles. The van der Waals surface area contributed by atoms with Crippen molar-refractivity contribution in [2.45, 2.75) is 25.7 Å². The van der Waals surface area contributed by atoms with Crippen LogP contribution in [0.15, 0.2) is 30.5 Å². The molecule has 0 saturated heterocycles. The highest BCUT2D eigenvalue weighted by atomic mass is 79.9. The maximum absolute atomic E-state index is 4.37. The number of nitrogens with zero attached hydrogens (tertiary/aromatic N) is 1. The normalized spacial score (nSPS) is 11.8. The van der Waals surface area contributed by atoms with Gasteiger partial charge in [0, 0.05) is 27.1 Å². The molecule has 102 valence electrons. The zero-order valence-corrected chi connectivity index (χ0v) is 15.1. The Morgan fingerprint density at radius 3 is 2.21 bits per heavy atom. The number of hydrogen-bond acceptors (Lipinski definition) is 2. The van der Waals surface area contributed by atoms with Gasteiger partial charge in [0.2, 0.25) is 0 Å². The highest BCUT2D eigenvalue weighted by molar-refractivity contribution is 9.09. The summed E-state index contributed by atoms with van der Waals surface area (Å²) in [5.41, 5.74) is 2.76. The van der Waals surface area contributed by atoms with Gasteiger partial charge in [0.05, 0.1) is 5.01 Å². The molecule has 0 saturated carbocycles. The third-order valence-electron chi connectivity index (χ3n) is 3.36. The Balaban J connectivity index is 2.33. The summed E-state index contributed by atoms with van der Waals surface area (Å²) in [6.07, 6.45) is 3.02. The second-order valence-electron chi connectivity index (χ2n) is 4.94. The predicted molar refractivity (Wildman–Crippen MR) is 91.0 cm³/mol. The average Bonchev–Trinajstić information content (AvgIpc) is 2.82. The SMILES string of the molecule is Cc1ccc(C(CBr)(CBr)Cc2cnc(C)s2)cc1. The van der Waals surface area contributed by atoms with E-state index in [-0.39, 0.29) is 5.41 Å². The molecule has 0 aliphatic heterocycles. The lowest BCUT2D eigenvalue weighted by atomic mass is 9.81. The molecule has 0 atom stereocenters. The number of benzene rings is 1. The van der Waals surface area contributed by atoms with Crippen LogP contribution in [0.2, 0.25) is 0 Å². The van der Waals surface area contributed by atoms with Crippen LogP contribution in [0.3, 0.4) is 0 Å². The summed E-state index contributed by atoms with van der Waals surface area (Å²) >= 11 is 9.20. The number of hydrogen-bond donors (Lipinski definition) is 0. The Hall–Kier alpha value is -0.190. The number of aromatic nitrogens is 1. The van der Waals surface area contributed by atoms with Crippen LogP contribution < -0.4 is 0 Å². The Kier molecular flexibility index (Phi) is 5.21. The van der Waals surface area contributed by atoms with Gasteiger partial charge in [-0.25, -0.2) is 4.98 Å². The fourth-order valence-corrected chi connectivity index (χ4v) is 5.03. The fourth-order valence-electron chi connectivity index (χ4n) is 2.11. The summed E-state index contributed by atoms with van der Waals surface area (Å²) in [4.78, 5) is 5.71. The standard InChI is InChI=1S/C15H17Br2NS/c1-11-3-5-13(6-4-11)15(9-16,10-17)7-14-8-18-12(2)19-14/h3-6,8H,7,9-10H2,1-2H3. The van der Waals surface area contributed by atoms with E-state index in [2.05, 4.69) is 75.0 Å². The summed E-state index contributed by atoms with van der Waals surface area (Å²) in [6, 6.07) is 8.86. The molecule has 0 aliphatic rings. The molecule has 2 aromatic rings. The molecule has 1 aromatic heterocycles. The minimum absolute atomic E-state index is 0.0900. The lowest BCUT2D eigenvalue weighted by Gasteiger charge is -2.30. The van der Waals surface area contributed by atoms with Gasteiger partial charge in [-0.05, 0) is 25.8 Å². The predicted octanol–water partition coefficient (Wildman–Crippen LogP) is 5.03. The molecule has 0 unspecified atom stereocenters. The quantitative estimate of drug-likeness (QED) is 0.639. The molecule has 2 rings (SSSR count). The van der Waals surface area contributed by atoms with Crippen LogP contribution in [0.4, 0.5) is 0 Å². The second kappa shape index (κ2) is 6.51. The van der Waals surface area contributed by atoms with E-state index in [1.165, 1.54) is 16.0 Å². The Morgan fingerprint density at radius 2 is 1.74 bits per heavy atom. The molecule has 4 heteroatoms. The van der Waals surface area contributed by atoms with Gasteiger partial charge < -0.3 is 0 Å². The van der Waals surface area contributed by atoms with Gasteiger partial charge >= 0.3 is 0 Å². The van der Waals surface area contributed by atoms with Crippen LogP contribution in [-0.2, 0) is 11.8 Å². The van der Waals surface area contributed by atoms with Crippen LogP contribution in [0.1, 0.15) is 21.0 Å². The second-order valence-corrected chi connectivity index (χ2v) is 7.38.